The van der Waals surface area contributed by atoms with Gasteiger partial charge in [-0.05, 0) is 47.2 Å². The number of benzene rings is 2. The van der Waals surface area contributed by atoms with E-state index in [4.69, 9.17) is 11.6 Å². The number of hydrogen-bond acceptors (Lipinski definition) is 3. The lowest BCUT2D eigenvalue weighted by molar-refractivity contribution is 0.0922. The average molecular weight is 356 g/mol. The molecule has 2 amide bonds. The monoisotopic (exact) mass is 355 g/mol. The third kappa shape index (κ3) is 2.67. The number of rotatable bonds is 2. The number of fused-ring (bicyclic) bond motifs is 1. The number of para-hydroxylation sites is 1. The van der Waals surface area contributed by atoms with Gasteiger partial charge in [0.25, 0.3) is 17.1 Å². The Kier molecular flexibility index (Phi) is 4.04. The van der Waals surface area contributed by atoms with Crippen LogP contribution in [-0.4, -0.2) is 17.1 Å². The summed E-state index contributed by atoms with van der Waals surface area (Å²) in [5.74, 6) is -0.941. The molecule has 2 aromatic rings. The van der Waals surface area contributed by atoms with Crippen molar-refractivity contribution in [3.05, 3.63) is 64.2 Å². The predicted molar refractivity (Wildman–Crippen MR) is 97.6 cm³/mol. The van der Waals surface area contributed by atoms with Gasteiger partial charge < -0.3 is 0 Å². The zero-order valence-electron chi connectivity index (χ0n) is 14.5. The molecule has 0 bridgehead atoms. The lowest BCUT2D eigenvalue weighted by Crippen LogP contribution is -2.33. The van der Waals surface area contributed by atoms with E-state index >= 15 is 0 Å². The summed E-state index contributed by atoms with van der Waals surface area (Å²) >= 11 is 5.61. The van der Waals surface area contributed by atoms with E-state index in [1.54, 1.807) is 12.1 Å². The van der Waals surface area contributed by atoms with Crippen molar-refractivity contribution in [3.8, 4) is 0 Å². The number of amides is 2. The van der Waals surface area contributed by atoms with Crippen molar-refractivity contribution in [2.24, 2.45) is 0 Å². The van der Waals surface area contributed by atoms with Crippen molar-refractivity contribution < 1.29 is 14.4 Å². The molecule has 1 aliphatic rings. The fourth-order valence-electron chi connectivity index (χ4n) is 3.21. The SMILES string of the molecule is Cc1cccc(C(C)(C)C)c1N1C(=O)c2cccc(C(=O)Cl)c2C1=O. The maximum Gasteiger partial charge on any atom is 0.266 e. The maximum atomic E-state index is 13.1. The van der Waals surface area contributed by atoms with E-state index in [2.05, 4.69) is 0 Å². The first-order chi connectivity index (χ1) is 11.6. The van der Waals surface area contributed by atoms with Gasteiger partial charge in [0.15, 0.2) is 0 Å². The molecule has 0 saturated heterocycles. The van der Waals surface area contributed by atoms with Crippen LogP contribution in [0.5, 0.6) is 0 Å². The molecule has 0 saturated carbocycles. The smallest absolute Gasteiger partial charge is 0.266 e. The van der Waals surface area contributed by atoms with Crippen molar-refractivity contribution in [2.45, 2.75) is 33.1 Å². The fourth-order valence-corrected chi connectivity index (χ4v) is 3.37. The molecule has 128 valence electrons. The first-order valence-corrected chi connectivity index (χ1v) is 8.34. The molecule has 25 heavy (non-hydrogen) atoms. The number of anilines is 1. The van der Waals surface area contributed by atoms with Gasteiger partial charge >= 0.3 is 0 Å². The van der Waals surface area contributed by atoms with Gasteiger partial charge in [-0.3, -0.25) is 14.4 Å². The van der Waals surface area contributed by atoms with Crippen LogP contribution in [0.1, 0.15) is 63.0 Å². The van der Waals surface area contributed by atoms with E-state index in [-0.39, 0.29) is 22.1 Å². The standard InChI is InChI=1S/C20H18ClNO3/c1-11-7-5-10-14(20(2,3)4)16(11)22-18(24)13-9-6-8-12(17(21)23)15(13)19(22)25/h5-10H,1-4H3. The highest BCUT2D eigenvalue weighted by molar-refractivity contribution is 6.68. The molecule has 1 aliphatic heterocycles. The summed E-state index contributed by atoms with van der Waals surface area (Å²) in [5.41, 5.74) is 2.37. The third-order valence-corrected chi connectivity index (χ3v) is 4.60. The van der Waals surface area contributed by atoms with E-state index in [9.17, 15) is 14.4 Å². The van der Waals surface area contributed by atoms with Crippen LogP contribution >= 0.6 is 11.6 Å². The average Bonchev–Trinajstić information content (AvgIpc) is 2.78. The van der Waals surface area contributed by atoms with Crippen LogP contribution < -0.4 is 4.90 Å². The molecular weight excluding hydrogens is 338 g/mol. The van der Waals surface area contributed by atoms with Crippen LogP contribution in [0.2, 0.25) is 0 Å². The lowest BCUT2D eigenvalue weighted by atomic mass is 9.84. The van der Waals surface area contributed by atoms with E-state index < -0.39 is 17.1 Å². The van der Waals surface area contributed by atoms with Crippen molar-refractivity contribution in [2.75, 3.05) is 4.90 Å². The Balaban J connectivity index is 2.26. The van der Waals surface area contributed by atoms with Gasteiger partial charge in [-0.2, -0.15) is 0 Å². The molecule has 0 N–H and O–H groups in total. The Morgan fingerprint density at radius 3 is 2.24 bits per heavy atom. The summed E-state index contributed by atoms with van der Waals surface area (Å²) < 4.78 is 0. The van der Waals surface area contributed by atoms with Crippen LogP contribution in [-0.2, 0) is 5.41 Å². The Bertz CT molecular complexity index is 925. The Morgan fingerprint density at radius 1 is 1.00 bits per heavy atom. The Hall–Kier alpha value is -2.46. The molecule has 0 aliphatic carbocycles. The molecular formula is C20H18ClNO3. The topological polar surface area (TPSA) is 54.5 Å². The second-order valence-electron chi connectivity index (χ2n) is 7.17. The minimum absolute atomic E-state index is 0.0610. The number of halogens is 1. The predicted octanol–water partition coefficient (Wildman–Crippen LogP) is 4.47. The zero-order valence-corrected chi connectivity index (χ0v) is 15.3. The van der Waals surface area contributed by atoms with E-state index in [0.29, 0.717) is 5.69 Å². The summed E-state index contributed by atoms with van der Waals surface area (Å²) in [7, 11) is 0. The summed E-state index contributed by atoms with van der Waals surface area (Å²) in [6.07, 6.45) is 0. The number of nitrogens with zero attached hydrogens (tertiary/aromatic N) is 1. The lowest BCUT2D eigenvalue weighted by Gasteiger charge is -2.28. The van der Waals surface area contributed by atoms with Crippen molar-refractivity contribution in [3.63, 3.8) is 0 Å². The molecule has 3 rings (SSSR count). The molecule has 0 unspecified atom stereocenters. The molecule has 0 fully saturated rings. The molecule has 2 aromatic carbocycles. The molecule has 4 nitrogen and oxygen atoms in total. The van der Waals surface area contributed by atoms with Crippen LogP contribution in [0.15, 0.2) is 36.4 Å². The normalized spacial score (nSPS) is 14.0. The van der Waals surface area contributed by atoms with Gasteiger partial charge in [0.1, 0.15) is 0 Å². The first kappa shape index (κ1) is 17.4. The highest BCUT2D eigenvalue weighted by Gasteiger charge is 2.41. The fraction of sp³-hybridized carbons (Fsp3) is 0.250. The number of imide groups is 1. The molecule has 0 spiro atoms. The van der Waals surface area contributed by atoms with E-state index in [0.717, 1.165) is 11.1 Å². The van der Waals surface area contributed by atoms with Crippen LogP contribution in [0.3, 0.4) is 0 Å². The van der Waals surface area contributed by atoms with E-state index in [1.807, 2.05) is 45.9 Å². The summed E-state index contributed by atoms with van der Waals surface area (Å²) in [6, 6.07) is 10.3. The van der Waals surface area contributed by atoms with Crippen LogP contribution in [0.25, 0.3) is 0 Å². The van der Waals surface area contributed by atoms with Crippen molar-refractivity contribution >= 4 is 34.3 Å². The third-order valence-electron chi connectivity index (χ3n) is 4.40. The molecule has 0 radical (unpaired) electrons. The maximum absolute atomic E-state index is 13.1. The van der Waals surface area contributed by atoms with Gasteiger partial charge in [-0.15, -0.1) is 0 Å². The Labute approximate surface area is 151 Å². The minimum Gasteiger partial charge on any atom is -0.276 e. The number of hydrogen-bond donors (Lipinski definition) is 0. The minimum atomic E-state index is -0.749. The zero-order chi connectivity index (χ0) is 18.5. The highest BCUT2D eigenvalue weighted by Crippen LogP contribution is 2.39. The molecule has 0 aromatic heterocycles. The van der Waals surface area contributed by atoms with Gasteiger partial charge in [0.2, 0.25) is 0 Å². The number of aryl methyl sites for hydroxylation is 1. The number of carbonyl (C=O) groups is 3. The second kappa shape index (κ2) is 5.81. The molecule has 5 heteroatoms. The largest absolute Gasteiger partial charge is 0.276 e. The number of carbonyl (C=O) groups excluding carboxylic acids is 3. The van der Waals surface area contributed by atoms with Crippen molar-refractivity contribution in [1.82, 2.24) is 0 Å². The van der Waals surface area contributed by atoms with Crippen LogP contribution in [0.4, 0.5) is 5.69 Å². The summed E-state index contributed by atoms with van der Waals surface area (Å²) in [6.45, 7) is 7.94. The summed E-state index contributed by atoms with van der Waals surface area (Å²) in [5, 5.41) is -0.749. The van der Waals surface area contributed by atoms with Gasteiger partial charge in [0, 0.05) is 5.56 Å². The Morgan fingerprint density at radius 2 is 1.64 bits per heavy atom. The molecule has 1 heterocycles. The van der Waals surface area contributed by atoms with Gasteiger partial charge in [-0.1, -0.05) is 45.0 Å². The van der Waals surface area contributed by atoms with Gasteiger partial charge in [-0.25, -0.2) is 4.90 Å². The highest BCUT2D eigenvalue weighted by atomic mass is 35.5. The first-order valence-electron chi connectivity index (χ1n) is 7.96. The molecule has 0 atom stereocenters. The van der Waals surface area contributed by atoms with Crippen LogP contribution in [0, 0.1) is 6.92 Å². The second-order valence-corrected chi connectivity index (χ2v) is 7.51. The summed E-state index contributed by atoms with van der Waals surface area (Å²) in [4.78, 5) is 38.9. The van der Waals surface area contributed by atoms with Crippen molar-refractivity contribution in [1.29, 1.82) is 0 Å². The van der Waals surface area contributed by atoms with E-state index in [1.165, 1.54) is 11.0 Å². The van der Waals surface area contributed by atoms with Gasteiger partial charge in [0.05, 0.1) is 16.8 Å². The quantitative estimate of drug-likeness (QED) is 0.589.